The molecule has 0 bridgehead atoms. The molecule has 0 aromatic heterocycles. The summed E-state index contributed by atoms with van der Waals surface area (Å²) in [6.07, 6.45) is 24.9. The fourth-order valence-corrected chi connectivity index (χ4v) is 3.97. The van der Waals surface area contributed by atoms with Crippen molar-refractivity contribution in [1.29, 1.82) is 0 Å². The van der Waals surface area contributed by atoms with Crippen LogP contribution >= 0.6 is 0 Å². The molecule has 0 amide bonds. The van der Waals surface area contributed by atoms with E-state index in [0.717, 1.165) is 29.6 Å². The Bertz CT molecular complexity index is 850. The van der Waals surface area contributed by atoms with Gasteiger partial charge in [-0.25, -0.2) is 4.39 Å². The summed E-state index contributed by atoms with van der Waals surface area (Å²) in [5.74, 6) is 0.494. The fraction of sp³-hybridized carbons (Fsp3) is 0.541. The molecule has 0 aliphatic heterocycles. The molecular weight excluding hydrogens is 477 g/mol. The summed E-state index contributed by atoms with van der Waals surface area (Å²) < 4.78 is 13.5. The third-order valence-electron chi connectivity index (χ3n) is 6.47. The number of hydrogen-bond donors (Lipinski definition) is 0. The van der Waals surface area contributed by atoms with Crippen LogP contribution in [0.3, 0.4) is 0 Å². The van der Waals surface area contributed by atoms with Gasteiger partial charge in [0.15, 0.2) is 0 Å². The number of aliphatic imine (C=N–C) groups is 1. The van der Waals surface area contributed by atoms with Crippen LogP contribution in [0.15, 0.2) is 89.5 Å². The smallest absolute Gasteiger partial charge is 0.123 e. The highest BCUT2D eigenvalue weighted by Gasteiger charge is 2.20. The second-order valence-corrected chi connectivity index (χ2v) is 9.71. The van der Waals surface area contributed by atoms with E-state index in [1.54, 1.807) is 13.1 Å². The molecule has 1 aliphatic carbocycles. The van der Waals surface area contributed by atoms with E-state index in [2.05, 4.69) is 71.0 Å². The van der Waals surface area contributed by atoms with E-state index < -0.39 is 0 Å². The lowest BCUT2D eigenvalue weighted by molar-refractivity contribution is 0.553. The minimum absolute atomic E-state index is 0.0629. The standard InChI is InChI=1S/C26H32FN.C5H12.C4H10.C2H6/c1-5-7-9-21-10-12-22(13-11-21)18-26(23-14-16-25(27)17-15-23)20(3)24(8-6-2)19-28-4;1-3-5-4-2;1-3-4-2;1-2/h6,8,10,12-17,19,21,26H,2-3,5,7,9,11,18H2,1,4H3;3-5H2,1-2H3;3-4H2,1-2H3;1-2H3/b24-8+,28-19?;;;. The molecule has 39 heavy (non-hydrogen) atoms. The summed E-state index contributed by atoms with van der Waals surface area (Å²) in [6.45, 7) is 23.2. The third-order valence-corrected chi connectivity index (χ3v) is 6.47. The summed E-state index contributed by atoms with van der Waals surface area (Å²) in [5, 5.41) is 0. The first kappa shape index (κ1) is 38.7. The molecule has 2 unspecified atom stereocenters. The number of halogens is 1. The Morgan fingerprint density at radius 1 is 0.974 bits per heavy atom. The molecule has 2 rings (SSSR count). The highest BCUT2D eigenvalue weighted by molar-refractivity contribution is 5.85. The van der Waals surface area contributed by atoms with Gasteiger partial charge in [-0.2, -0.15) is 0 Å². The van der Waals surface area contributed by atoms with E-state index in [1.165, 1.54) is 69.1 Å². The molecule has 1 aromatic carbocycles. The van der Waals surface area contributed by atoms with Gasteiger partial charge in [0, 0.05) is 19.2 Å². The van der Waals surface area contributed by atoms with Crippen LogP contribution in [-0.4, -0.2) is 13.3 Å². The van der Waals surface area contributed by atoms with Crippen LogP contribution < -0.4 is 0 Å². The number of unbranched alkanes of at least 4 members (excludes halogenated alkanes) is 4. The van der Waals surface area contributed by atoms with E-state index in [-0.39, 0.29) is 11.7 Å². The average molecular weight is 538 g/mol. The molecule has 0 spiro atoms. The number of allylic oxidation sites excluding steroid dienone is 8. The van der Waals surface area contributed by atoms with E-state index in [9.17, 15) is 4.39 Å². The van der Waals surface area contributed by atoms with Crippen molar-refractivity contribution in [3.8, 4) is 0 Å². The van der Waals surface area contributed by atoms with Crippen molar-refractivity contribution in [3.05, 3.63) is 95.9 Å². The largest absolute Gasteiger partial charge is 0.296 e. The van der Waals surface area contributed by atoms with Crippen molar-refractivity contribution >= 4 is 6.21 Å². The van der Waals surface area contributed by atoms with Crippen molar-refractivity contribution in [1.82, 2.24) is 0 Å². The fourth-order valence-electron chi connectivity index (χ4n) is 3.97. The van der Waals surface area contributed by atoms with E-state index in [4.69, 9.17) is 0 Å². The lowest BCUT2D eigenvalue weighted by Crippen LogP contribution is -2.08. The van der Waals surface area contributed by atoms with Crippen LogP contribution in [0, 0.1) is 11.7 Å². The van der Waals surface area contributed by atoms with Crippen molar-refractivity contribution in [3.63, 3.8) is 0 Å². The Balaban J connectivity index is 0. The first-order valence-corrected chi connectivity index (χ1v) is 15.5. The normalized spacial score (nSPS) is 15.1. The molecule has 0 heterocycles. The molecule has 220 valence electrons. The molecule has 1 nitrogen and oxygen atoms in total. The summed E-state index contributed by atoms with van der Waals surface area (Å²) in [5.41, 5.74) is 4.30. The predicted octanol–water partition coefficient (Wildman–Crippen LogP) is 12.4. The van der Waals surface area contributed by atoms with Gasteiger partial charge in [-0.05, 0) is 54.0 Å². The average Bonchev–Trinajstić information content (AvgIpc) is 2.97. The van der Waals surface area contributed by atoms with Gasteiger partial charge >= 0.3 is 0 Å². The van der Waals surface area contributed by atoms with Crippen LogP contribution in [0.25, 0.3) is 0 Å². The van der Waals surface area contributed by atoms with E-state index in [0.29, 0.717) is 5.92 Å². The summed E-state index contributed by atoms with van der Waals surface area (Å²) >= 11 is 0. The van der Waals surface area contributed by atoms with Gasteiger partial charge in [-0.15, -0.1) is 0 Å². The highest BCUT2D eigenvalue weighted by Crippen LogP contribution is 2.36. The van der Waals surface area contributed by atoms with Crippen LogP contribution in [0.4, 0.5) is 4.39 Å². The quantitative estimate of drug-likeness (QED) is 0.175. The molecule has 0 saturated heterocycles. The zero-order chi connectivity index (χ0) is 29.9. The molecule has 1 aliphatic rings. The van der Waals surface area contributed by atoms with Gasteiger partial charge in [-0.3, -0.25) is 4.99 Å². The van der Waals surface area contributed by atoms with Gasteiger partial charge in [0.25, 0.3) is 0 Å². The lowest BCUT2D eigenvalue weighted by Gasteiger charge is -2.24. The minimum atomic E-state index is -0.222. The number of nitrogens with zero attached hydrogens (tertiary/aromatic N) is 1. The SMILES string of the molecule is C=C/C=C(\C=NC)C(=C)C(CC1=CCC(CCCC)C=C1)c1ccc(F)cc1.CC.CCCC.CCCCC. The summed E-state index contributed by atoms with van der Waals surface area (Å²) in [4.78, 5) is 4.16. The van der Waals surface area contributed by atoms with Gasteiger partial charge in [0.1, 0.15) is 5.82 Å². The third kappa shape index (κ3) is 18.4. The zero-order valence-electron chi connectivity index (χ0n) is 26.7. The molecule has 0 fully saturated rings. The van der Waals surface area contributed by atoms with E-state index in [1.807, 2.05) is 38.3 Å². The maximum absolute atomic E-state index is 13.5. The van der Waals surface area contributed by atoms with Crippen LogP contribution in [0.5, 0.6) is 0 Å². The minimum Gasteiger partial charge on any atom is -0.296 e. The lowest BCUT2D eigenvalue weighted by atomic mass is 9.81. The summed E-state index contributed by atoms with van der Waals surface area (Å²) in [6, 6.07) is 6.76. The maximum Gasteiger partial charge on any atom is 0.123 e. The monoisotopic (exact) mass is 537 g/mol. The van der Waals surface area contributed by atoms with Crippen LogP contribution in [-0.2, 0) is 0 Å². The summed E-state index contributed by atoms with van der Waals surface area (Å²) in [7, 11) is 1.75. The Kier molecular flexibility index (Phi) is 26.9. The Hall–Kier alpha value is -2.48. The number of rotatable bonds is 13. The van der Waals surface area contributed by atoms with Crippen molar-refractivity contribution in [2.45, 2.75) is 119 Å². The molecule has 0 radical (unpaired) electrons. The first-order valence-electron chi connectivity index (χ1n) is 15.5. The molecule has 1 aromatic rings. The van der Waals surface area contributed by atoms with Crippen LogP contribution in [0.1, 0.15) is 124 Å². The molecular formula is C37H60FN. The topological polar surface area (TPSA) is 12.4 Å². The Labute approximate surface area is 242 Å². The van der Waals surface area contributed by atoms with E-state index >= 15 is 0 Å². The molecule has 0 N–H and O–H groups in total. The molecule has 2 heteroatoms. The molecule has 0 saturated carbocycles. The second kappa shape index (κ2) is 27.1. The molecule has 2 atom stereocenters. The number of benzene rings is 1. The van der Waals surface area contributed by atoms with Crippen molar-refractivity contribution in [2.75, 3.05) is 7.05 Å². The second-order valence-electron chi connectivity index (χ2n) is 9.71. The Morgan fingerprint density at radius 2 is 1.56 bits per heavy atom. The Morgan fingerprint density at radius 3 is 1.97 bits per heavy atom. The van der Waals surface area contributed by atoms with Crippen LogP contribution in [0.2, 0.25) is 0 Å². The van der Waals surface area contributed by atoms with Gasteiger partial charge in [-0.1, -0.05) is 155 Å². The maximum atomic E-state index is 13.5. The number of hydrogen-bond acceptors (Lipinski definition) is 1. The van der Waals surface area contributed by atoms with Gasteiger partial charge < -0.3 is 0 Å². The van der Waals surface area contributed by atoms with Gasteiger partial charge in [0.2, 0.25) is 0 Å². The predicted molar refractivity (Wildman–Crippen MR) is 178 cm³/mol. The highest BCUT2D eigenvalue weighted by atomic mass is 19.1. The first-order chi connectivity index (χ1) is 18.9. The van der Waals surface area contributed by atoms with Gasteiger partial charge in [0.05, 0.1) is 0 Å². The van der Waals surface area contributed by atoms with Crippen molar-refractivity contribution < 1.29 is 4.39 Å². The zero-order valence-corrected chi connectivity index (χ0v) is 26.7. The van der Waals surface area contributed by atoms with Crippen molar-refractivity contribution in [2.24, 2.45) is 10.9 Å².